The summed E-state index contributed by atoms with van der Waals surface area (Å²) in [7, 11) is 0. The topological polar surface area (TPSA) is 76.7 Å². The van der Waals surface area contributed by atoms with Crippen LogP contribution in [-0.2, 0) is 6.54 Å². The third-order valence-electron chi connectivity index (χ3n) is 2.21. The number of aromatic nitrogens is 3. The van der Waals surface area contributed by atoms with Gasteiger partial charge in [-0.3, -0.25) is 4.98 Å². The van der Waals surface area contributed by atoms with Crippen LogP contribution in [0.3, 0.4) is 0 Å². The van der Waals surface area contributed by atoms with Crippen LogP contribution in [-0.4, -0.2) is 15.0 Å². The molecule has 0 fully saturated rings. The van der Waals surface area contributed by atoms with Gasteiger partial charge in [0.25, 0.3) is 0 Å². The van der Waals surface area contributed by atoms with E-state index in [1.807, 2.05) is 25.6 Å². The molecule has 0 aliphatic carbocycles. The molecule has 0 aliphatic rings. The molecule has 0 saturated carbocycles. The van der Waals surface area contributed by atoms with E-state index in [2.05, 4.69) is 20.3 Å². The minimum Gasteiger partial charge on any atom is -0.384 e. The molecule has 90 valence electrons. The van der Waals surface area contributed by atoms with Gasteiger partial charge in [-0.2, -0.15) is 0 Å². The van der Waals surface area contributed by atoms with E-state index >= 15 is 0 Å². The summed E-state index contributed by atoms with van der Waals surface area (Å²) in [5.41, 5.74) is 7.56. The summed E-state index contributed by atoms with van der Waals surface area (Å²) in [5.74, 6) is 2.28. The molecule has 0 spiro atoms. The maximum Gasteiger partial charge on any atom is 0.135 e. The molecule has 2 heterocycles. The van der Waals surface area contributed by atoms with Crippen LogP contribution in [0.2, 0.25) is 0 Å². The highest BCUT2D eigenvalue weighted by Crippen LogP contribution is 2.16. The molecular formula is C11H15N5S. The Hall–Kier alpha value is -1.69. The Kier molecular flexibility index (Phi) is 3.53. The van der Waals surface area contributed by atoms with Crippen LogP contribution >= 0.6 is 11.3 Å². The number of thiazole rings is 1. The minimum absolute atomic E-state index is 0.266. The number of rotatable bonds is 4. The summed E-state index contributed by atoms with van der Waals surface area (Å²) in [4.78, 5) is 13.8. The van der Waals surface area contributed by atoms with Crippen molar-refractivity contribution in [1.82, 2.24) is 15.0 Å². The molecule has 3 N–H and O–H groups in total. The smallest absolute Gasteiger partial charge is 0.135 e. The average Bonchev–Trinajstić information content (AvgIpc) is 2.78. The van der Waals surface area contributed by atoms with E-state index in [9.17, 15) is 0 Å². The van der Waals surface area contributed by atoms with Crippen molar-refractivity contribution in [3.05, 3.63) is 28.5 Å². The number of hydrogen-bond donors (Lipinski definition) is 2. The van der Waals surface area contributed by atoms with Crippen LogP contribution in [0.25, 0.3) is 0 Å². The molecule has 2 aromatic rings. The Labute approximate surface area is 104 Å². The second-order valence-electron chi connectivity index (χ2n) is 4.01. The monoisotopic (exact) mass is 249 g/mol. The van der Waals surface area contributed by atoms with Crippen LogP contribution < -0.4 is 11.1 Å². The zero-order chi connectivity index (χ0) is 12.3. The minimum atomic E-state index is 0.266. The maximum absolute atomic E-state index is 5.75. The van der Waals surface area contributed by atoms with Crippen molar-refractivity contribution in [3.8, 4) is 0 Å². The van der Waals surface area contributed by atoms with Crippen molar-refractivity contribution < 1.29 is 0 Å². The highest BCUT2D eigenvalue weighted by atomic mass is 32.1. The zero-order valence-electron chi connectivity index (χ0n) is 9.84. The van der Waals surface area contributed by atoms with Crippen molar-refractivity contribution in [1.29, 1.82) is 0 Å². The third kappa shape index (κ3) is 3.13. The highest BCUT2D eigenvalue weighted by molar-refractivity contribution is 7.09. The summed E-state index contributed by atoms with van der Waals surface area (Å²) < 4.78 is 0. The molecule has 17 heavy (non-hydrogen) atoms. The van der Waals surface area contributed by atoms with Gasteiger partial charge in [0, 0.05) is 23.1 Å². The Morgan fingerprint density at radius 3 is 2.88 bits per heavy atom. The van der Waals surface area contributed by atoms with Crippen LogP contribution in [0.4, 0.5) is 11.6 Å². The van der Waals surface area contributed by atoms with E-state index in [-0.39, 0.29) is 5.92 Å². The number of anilines is 2. The third-order valence-corrected chi connectivity index (χ3v) is 2.99. The maximum atomic E-state index is 5.75. The standard InChI is InChI=1S/C11H15N5S/c1-7(2)11-15-9(12)3-10(16-11)14-5-8-4-13-6-17-8/h3-4,6-7H,5H2,1-2H3,(H3,12,14,15,16). The lowest BCUT2D eigenvalue weighted by atomic mass is 10.2. The fourth-order valence-electron chi connectivity index (χ4n) is 1.34. The SMILES string of the molecule is CC(C)c1nc(N)cc(NCc2cncs2)n1. The van der Waals surface area contributed by atoms with Gasteiger partial charge >= 0.3 is 0 Å². The van der Waals surface area contributed by atoms with E-state index in [1.165, 1.54) is 0 Å². The predicted molar refractivity (Wildman–Crippen MR) is 70.0 cm³/mol. The summed E-state index contributed by atoms with van der Waals surface area (Å²) in [6.45, 7) is 4.79. The first kappa shape index (κ1) is 11.8. The van der Waals surface area contributed by atoms with E-state index in [0.29, 0.717) is 12.4 Å². The Bertz CT molecular complexity index is 481. The molecule has 2 aromatic heterocycles. The number of nitrogens with one attached hydrogen (secondary N) is 1. The molecule has 6 heteroatoms. The van der Waals surface area contributed by atoms with Crippen molar-refractivity contribution in [2.75, 3.05) is 11.1 Å². The molecular weight excluding hydrogens is 234 g/mol. The van der Waals surface area contributed by atoms with Gasteiger partial charge in [0.2, 0.25) is 0 Å². The van der Waals surface area contributed by atoms with Crippen LogP contribution in [0, 0.1) is 0 Å². The van der Waals surface area contributed by atoms with Gasteiger partial charge in [-0.05, 0) is 0 Å². The Morgan fingerprint density at radius 2 is 2.24 bits per heavy atom. The number of nitrogens with two attached hydrogens (primary N) is 1. The highest BCUT2D eigenvalue weighted by Gasteiger charge is 2.06. The molecule has 0 unspecified atom stereocenters. The summed E-state index contributed by atoms with van der Waals surface area (Å²) in [5, 5.41) is 3.22. The quantitative estimate of drug-likeness (QED) is 0.869. The van der Waals surface area contributed by atoms with Gasteiger partial charge in [-0.25, -0.2) is 9.97 Å². The first-order valence-corrected chi connectivity index (χ1v) is 6.29. The average molecular weight is 249 g/mol. The van der Waals surface area contributed by atoms with Gasteiger partial charge in [-0.15, -0.1) is 11.3 Å². The second-order valence-corrected chi connectivity index (χ2v) is 4.98. The molecule has 0 aliphatic heterocycles. The lowest BCUT2D eigenvalue weighted by molar-refractivity contribution is 0.777. The number of nitrogens with zero attached hydrogens (tertiary/aromatic N) is 3. The van der Waals surface area contributed by atoms with Crippen molar-refractivity contribution >= 4 is 23.0 Å². The molecule has 0 saturated heterocycles. The molecule has 0 atom stereocenters. The summed E-state index contributed by atoms with van der Waals surface area (Å²) in [6.07, 6.45) is 1.84. The number of nitrogen functional groups attached to an aromatic ring is 1. The van der Waals surface area contributed by atoms with Gasteiger partial charge in [0.05, 0.1) is 12.1 Å². The van der Waals surface area contributed by atoms with Gasteiger partial charge in [0.15, 0.2) is 0 Å². The fourth-order valence-corrected chi connectivity index (χ4v) is 1.88. The van der Waals surface area contributed by atoms with E-state index in [0.717, 1.165) is 16.5 Å². The summed E-state index contributed by atoms with van der Waals surface area (Å²) in [6, 6.07) is 1.74. The zero-order valence-corrected chi connectivity index (χ0v) is 10.7. The largest absolute Gasteiger partial charge is 0.384 e. The molecule has 0 bridgehead atoms. The lowest BCUT2D eigenvalue weighted by Gasteiger charge is -2.09. The summed E-state index contributed by atoms with van der Waals surface area (Å²) >= 11 is 1.61. The molecule has 2 rings (SSSR count). The van der Waals surface area contributed by atoms with E-state index < -0.39 is 0 Å². The van der Waals surface area contributed by atoms with Crippen molar-refractivity contribution in [2.24, 2.45) is 0 Å². The van der Waals surface area contributed by atoms with E-state index in [4.69, 9.17) is 5.73 Å². The van der Waals surface area contributed by atoms with E-state index in [1.54, 1.807) is 17.4 Å². The van der Waals surface area contributed by atoms with Crippen molar-refractivity contribution in [2.45, 2.75) is 26.3 Å². The molecule has 0 radical (unpaired) electrons. The Morgan fingerprint density at radius 1 is 1.41 bits per heavy atom. The Balaban J connectivity index is 2.10. The van der Waals surface area contributed by atoms with Crippen LogP contribution in [0.5, 0.6) is 0 Å². The number of hydrogen-bond acceptors (Lipinski definition) is 6. The predicted octanol–water partition coefficient (Wildman–Crippen LogP) is 2.25. The second kappa shape index (κ2) is 5.09. The molecule has 0 amide bonds. The normalized spacial score (nSPS) is 10.8. The van der Waals surface area contributed by atoms with Gasteiger partial charge in [-0.1, -0.05) is 13.8 Å². The first-order chi connectivity index (χ1) is 8.15. The van der Waals surface area contributed by atoms with Gasteiger partial charge in [0.1, 0.15) is 17.5 Å². The molecule has 5 nitrogen and oxygen atoms in total. The van der Waals surface area contributed by atoms with Crippen molar-refractivity contribution in [3.63, 3.8) is 0 Å². The fraction of sp³-hybridized carbons (Fsp3) is 0.364. The first-order valence-electron chi connectivity index (χ1n) is 5.41. The lowest BCUT2D eigenvalue weighted by Crippen LogP contribution is -2.07. The van der Waals surface area contributed by atoms with Crippen LogP contribution in [0.1, 0.15) is 30.5 Å². The van der Waals surface area contributed by atoms with Crippen LogP contribution in [0.15, 0.2) is 17.8 Å². The van der Waals surface area contributed by atoms with Gasteiger partial charge < -0.3 is 11.1 Å². The molecule has 0 aromatic carbocycles.